The smallest absolute Gasteiger partial charge is 0.249 e. The summed E-state index contributed by atoms with van der Waals surface area (Å²) in [5, 5.41) is 27.1. The monoisotopic (exact) mass is 290 g/mol. The lowest BCUT2D eigenvalue weighted by Crippen LogP contribution is -2.44. The number of pyridine rings is 1. The van der Waals surface area contributed by atoms with Gasteiger partial charge in [0.25, 0.3) is 0 Å². The summed E-state index contributed by atoms with van der Waals surface area (Å²) in [5.41, 5.74) is 0.790. The van der Waals surface area contributed by atoms with Gasteiger partial charge in [0.05, 0.1) is 18.2 Å². The number of hydrogen-bond acceptors (Lipinski definition) is 7. The molecular formula is C14H18N4O3. The van der Waals surface area contributed by atoms with E-state index in [1.54, 1.807) is 12.4 Å². The zero-order chi connectivity index (χ0) is 14.7. The van der Waals surface area contributed by atoms with Crippen LogP contribution in [0, 0.1) is 5.92 Å². The average Bonchev–Trinajstić information content (AvgIpc) is 2.98. The Kier molecular flexibility index (Phi) is 4.23. The summed E-state index contributed by atoms with van der Waals surface area (Å²) in [7, 11) is 0. The van der Waals surface area contributed by atoms with Gasteiger partial charge in [0.1, 0.15) is 0 Å². The quantitative estimate of drug-likeness (QED) is 0.836. The summed E-state index contributed by atoms with van der Waals surface area (Å²) in [6, 6.07) is 3.68. The number of likely N-dealkylation sites (tertiary alicyclic amines) is 1. The van der Waals surface area contributed by atoms with Gasteiger partial charge in [-0.05, 0) is 18.6 Å². The highest BCUT2D eigenvalue weighted by atomic mass is 16.4. The number of aromatic nitrogens is 3. The Morgan fingerprint density at radius 3 is 3.05 bits per heavy atom. The topological polar surface area (TPSA) is 95.5 Å². The normalized spacial score (nSPS) is 23.3. The van der Waals surface area contributed by atoms with Crippen LogP contribution in [0.25, 0.3) is 11.5 Å². The molecule has 7 nitrogen and oxygen atoms in total. The first-order chi connectivity index (χ1) is 10.3. The lowest BCUT2D eigenvalue weighted by atomic mass is 9.96. The molecule has 0 bridgehead atoms. The van der Waals surface area contributed by atoms with Crippen molar-refractivity contribution in [2.24, 2.45) is 5.92 Å². The molecular weight excluding hydrogens is 272 g/mol. The summed E-state index contributed by atoms with van der Waals surface area (Å²) >= 11 is 0. The van der Waals surface area contributed by atoms with Crippen LogP contribution >= 0.6 is 0 Å². The SMILES string of the molecule is OC[C@@H]1CN(Cc2nnc(-c3cccnc3)o2)CC[C@@H]1O. The van der Waals surface area contributed by atoms with Crippen LogP contribution in [0.5, 0.6) is 0 Å². The van der Waals surface area contributed by atoms with E-state index < -0.39 is 6.10 Å². The minimum absolute atomic E-state index is 0.0115. The van der Waals surface area contributed by atoms with Crippen molar-refractivity contribution in [1.29, 1.82) is 0 Å². The van der Waals surface area contributed by atoms with Crippen LogP contribution in [0.1, 0.15) is 12.3 Å². The van der Waals surface area contributed by atoms with E-state index in [4.69, 9.17) is 4.42 Å². The van der Waals surface area contributed by atoms with Gasteiger partial charge >= 0.3 is 0 Å². The third-order valence-electron chi connectivity index (χ3n) is 3.75. The second kappa shape index (κ2) is 6.30. The first-order valence-electron chi connectivity index (χ1n) is 7.00. The maximum Gasteiger partial charge on any atom is 0.249 e. The lowest BCUT2D eigenvalue weighted by Gasteiger charge is -2.34. The fourth-order valence-corrected chi connectivity index (χ4v) is 2.53. The Balaban J connectivity index is 1.65. The predicted molar refractivity (Wildman–Crippen MR) is 74.0 cm³/mol. The van der Waals surface area contributed by atoms with Crippen LogP contribution in [0.4, 0.5) is 0 Å². The average molecular weight is 290 g/mol. The zero-order valence-corrected chi connectivity index (χ0v) is 11.6. The molecule has 0 unspecified atom stereocenters. The number of aliphatic hydroxyl groups excluding tert-OH is 2. The van der Waals surface area contributed by atoms with Crippen molar-refractivity contribution in [3.63, 3.8) is 0 Å². The van der Waals surface area contributed by atoms with Gasteiger partial charge in [-0.2, -0.15) is 0 Å². The van der Waals surface area contributed by atoms with Crippen LogP contribution in [-0.4, -0.2) is 56.1 Å². The molecule has 1 aliphatic heterocycles. The third kappa shape index (κ3) is 3.26. The summed E-state index contributed by atoms with van der Waals surface area (Å²) in [6.07, 6.45) is 3.58. The Hall–Kier alpha value is -1.83. The highest BCUT2D eigenvalue weighted by Crippen LogP contribution is 2.20. The van der Waals surface area contributed by atoms with Gasteiger partial charge in [-0.1, -0.05) is 0 Å². The van der Waals surface area contributed by atoms with Crippen molar-refractivity contribution >= 4 is 0 Å². The minimum Gasteiger partial charge on any atom is -0.419 e. The van der Waals surface area contributed by atoms with E-state index in [2.05, 4.69) is 20.1 Å². The fourth-order valence-electron chi connectivity index (χ4n) is 2.53. The number of piperidine rings is 1. The summed E-state index contributed by atoms with van der Waals surface area (Å²) in [4.78, 5) is 6.13. The largest absolute Gasteiger partial charge is 0.419 e. The lowest BCUT2D eigenvalue weighted by molar-refractivity contribution is -0.00421. The van der Waals surface area contributed by atoms with Gasteiger partial charge in [-0.3, -0.25) is 9.88 Å². The molecule has 0 radical (unpaired) electrons. The van der Waals surface area contributed by atoms with E-state index >= 15 is 0 Å². The first-order valence-corrected chi connectivity index (χ1v) is 7.00. The molecule has 3 heterocycles. The standard InChI is InChI=1S/C14H18N4O3/c19-9-11-7-18(5-3-12(11)20)8-13-16-17-14(21-13)10-2-1-4-15-6-10/h1-2,4,6,11-12,19-20H,3,5,7-9H2/t11-,12-/m0/s1. The Bertz CT molecular complexity index is 575. The van der Waals surface area contributed by atoms with E-state index in [1.165, 1.54) is 0 Å². The van der Waals surface area contributed by atoms with Crippen molar-refractivity contribution in [3.8, 4) is 11.5 Å². The van der Waals surface area contributed by atoms with E-state index in [9.17, 15) is 10.2 Å². The maximum atomic E-state index is 9.76. The molecule has 0 aromatic carbocycles. The van der Waals surface area contributed by atoms with Crippen molar-refractivity contribution < 1.29 is 14.6 Å². The summed E-state index contributed by atoms with van der Waals surface area (Å²) in [5.74, 6) is 0.871. The highest BCUT2D eigenvalue weighted by Gasteiger charge is 2.28. The van der Waals surface area contributed by atoms with Crippen molar-refractivity contribution in [2.45, 2.75) is 19.1 Å². The first kappa shape index (κ1) is 14.1. The van der Waals surface area contributed by atoms with Crippen LogP contribution < -0.4 is 0 Å². The van der Waals surface area contributed by atoms with Gasteiger partial charge < -0.3 is 14.6 Å². The maximum absolute atomic E-state index is 9.76. The van der Waals surface area contributed by atoms with Gasteiger partial charge in [0, 0.05) is 38.0 Å². The van der Waals surface area contributed by atoms with E-state index in [0.29, 0.717) is 31.3 Å². The molecule has 1 aliphatic rings. The molecule has 0 spiro atoms. The van der Waals surface area contributed by atoms with Gasteiger partial charge in [0.2, 0.25) is 11.8 Å². The molecule has 1 fully saturated rings. The predicted octanol–water partition coefficient (Wildman–Crippen LogP) is 0.307. The van der Waals surface area contributed by atoms with Gasteiger partial charge in [0.15, 0.2) is 0 Å². The molecule has 0 aliphatic carbocycles. The summed E-state index contributed by atoms with van der Waals surface area (Å²) < 4.78 is 5.64. The Morgan fingerprint density at radius 1 is 1.38 bits per heavy atom. The van der Waals surface area contributed by atoms with Crippen LogP contribution in [-0.2, 0) is 6.54 Å². The molecule has 2 N–H and O–H groups in total. The van der Waals surface area contributed by atoms with Crippen LogP contribution in [0.15, 0.2) is 28.9 Å². The highest BCUT2D eigenvalue weighted by molar-refractivity contribution is 5.49. The van der Waals surface area contributed by atoms with Crippen molar-refractivity contribution in [2.75, 3.05) is 19.7 Å². The minimum atomic E-state index is -0.431. The fraction of sp³-hybridized carbons (Fsp3) is 0.500. The molecule has 21 heavy (non-hydrogen) atoms. The second-order valence-corrected chi connectivity index (χ2v) is 5.28. The second-order valence-electron chi connectivity index (χ2n) is 5.28. The van der Waals surface area contributed by atoms with Crippen LogP contribution in [0.3, 0.4) is 0 Å². The molecule has 2 atom stereocenters. The summed E-state index contributed by atoms with van der Waals surface area (Å²) in [6.45, 7) is 1.89. The number of hydrogen-bond donors (Lipinski definition) is 2. The molecule has 0 saturated carbocycles. The zero-order valence-electron chi connectivity index (χ0n) is 11.6. The molecule has 3 rings (SSSR count). The molecule has 0 amide bonds. The van der Waals surface area contributed by atoms with Gasteiger partial charge in [-0.15, -0.1) is 10.2 Å². The third-order valence-corrected chi connectivity index (χ3v) is 3.75. The Labute approximate surface area is 122 Å². The molecule has 1 saturated heterocycles. The van der Waals surface area contributed by atoms with Gasteiger partial charge in [-0.25, -0.2) is 0 Å². The molecule has 7 heteroatoms. The van der Waals surface area contributed by atoms with Crippen molar-refractivity contribution in [1.82, 2.24) is 20.1 Å². The molecule has 2 aromatic heterocycles. The number of nitrogens with zero attached hydrogens (tertiary/aromatic N) is 4. The number of rotatable bonds is 4. The van der Waals surface area contributed by atoms with E-state index in [1.807, 2.05) is 12.1 Å². The number of aliphatic hydroxyl groups is 2. The van der Waals surface area contributed by atoms with E-state index in [0.717, 1.165) is 12.1 Å². The van der Waals surface area contributed by atoms with E-state index in [-0.39, 0.29) is 12.5 Å². The molecule has 2 aromatic rings. The molecule has 112 valence electrons. The Morgan fingerprint density at radius 2 is 2.29 bits per heavy atom. The van der Waals surface area contributed by atoms with Crippen LogP contribution in [0.2, 0.25) is 0 Å². The van der Waals surface area contributed by atoms with Crippen molar-refractivity contribution in [3.05, 3.63) is 30.4 Å².